The lowest BCUT2D eigenvalue weighted by Crippen LogP contribution is -2.56. The quantitative estimate of drug-likeness (QED) is 0.795. The predicted octanol–water partition coefficient (Wildman–Crippen LogP) is 2.59. The molecule has 1 atom stereocenters. The lowest BCUT2D eigenvalue weighted by atomic mass is 9.80. The first-order valence-corrected chi connectivity index (χ1v) is 7.23. The maximum Gasteiger partial charge on any atom is 0.329 e. The van der Waals surface area contributed by atoms with E-state index in [0.717, 1.165) is 32.1 Å². The molecule has 106 valence electrons. The van der Waals surface area contributed by atoms with Gasteiger partial charge in [0.2, 0.25) is 5.91 Å². The van der Waals surface area contributed by atoms with Crippen molar-refractivity contribution in [1.29, 1.82) is 0 Å². The van der Waals surface area contributed by atoms with Crippen molar-refractivity contribution in [2.24, 2.45) is 5.92 Å². The zero-order valence-electron chi connectivity index (χ0n) is 11.6. The smallest absolute Gasteiger partial charge is 0.329 e. The number of allylic oxidation sites excluding steroid dienone is 2. The van der Waals surface area contributed by atoms with E-state index in [-0.39, 0.29) is 5.91 Å². The van der Waals surface area contributed by atoms with Gasteiger partial charge in [0.1, 0.15) is 5.54 Å². The number of hydrogen-bond donors (Lipinski definition) is 1. The molecule has 0 spiro atoms. The third-order valence-corrected chi connectivity index (χ3v) is 4.64. The van der Waals surface area contributed by atoms with Crippen LogP contribution in [0, 0.1) is 5.92 Å². The summed E-state index contributed by atoms with van der Waals surface area (Å²) < 4.78 is 0. The minimum atomic E-state index is -0.961. The molecule has 1 unspecified atom stereocenters. The fourth-order valence-electron chi connectivity index (χ4n) is 3.29. The maximum absolute atomic E-state index is 12.3. The average Bonchev–Trinajstić information content (AvgIpc) is 2.91. The molecule has 1 amide bonds. The van der Waals surface area contributed by atoms with Crippen LogP contribution in [-0.4, -0.2) is 34.5 Å². The number of nitrogens with zero attached hydrogens (tertiary/aromatic N) is 1. The third kappa shape index (κ3) is 2.82. The second kappa shape index (κ2) is 5.76. The van der Waals surface area contributed by atoms with Crippen LogP contribution in [0.5, 0.6) is 0 Å². The van der Waals surface area contributed by atoms with Crippen LogP contribution in [0.3, 0.4) is 0 Å². The number of carbonyl (C=O) groups excluding carboxylic acids is 1. The van der Waals surface area contributed by atoms with E-state index in [1.807, 2.05) is 0 Å². The van der Waals surface area contributed by atoms with Crippen molar-refractivity contribution < 1.29 is 14.7 Å². The summed E-state index contributed by atoms with van der Waals surface area (Å²) in [6, 6.07) is 0. The van der Waals surface area contributed by atoms with E-state index in [2.05, 4.69) is 12.2 Å². The Morgan fingerprint density at radius 1 is 1.32 bits per heavy atom. The van der Waals surface area contributed by atoms with Crippen molar-refractivity contribution >= 4 is 11.9 Å². The average molecular weight is 265 g/mol. The molecule has 1 N–H and O–H groups in total. The van der Waals surface area contributed by atoms with E-state index >= 15 is 0 Å². The van der Waals surface area contributed by atoms with Crippen LogP contribution in [0.4, 0.5) is 0 Å². The first-order chi connectivity index (χ1) is 9.06. The molecule has 4 nitrogen and oxygen atoms in total. The van der Waals surface area contributed by atoms with Crippen molar-refractivity contribution in [3.8, 4) is 0 Å². The molecule has 1 saturated carbocycles. The minimum Gasteiger partial charge on any atom is -0.479 e. The predicted molar refractivity (Wildman–Crippen MR) is 72.7 cm³/mol. The number of carboxylic acids is 1. The molecule has 0 saturated heterocycles. The van der Waals surface area contributed by atoms with Gasteiger partial charge in [-0.3, -0.25) is 4.79 Å². The highest BCUT2D eigenvalue weighted by molar-refractivity contribution is 5.87. The first-order valence-electron chi connectivity index (χ1n) is 7.23. The summed E-state index contributed by atoms with van der Waals surface area (Å²) in [4.78, 5) is 25.5. The summed E-state index contributed by atoms with van der Waals surface area (Å²) >= 11 is 0. The zero-order chi connectivity index (χ0) is 13.9. The number of amides is 1. The van der Waals surface area contributed by atoms with Crippen molar-refractivity contribution in [2.45, 2.75) is 56.9 Å². The number of likely N-dealkylation sites (N-methyl/N-ethyl adjacent to an activating group) is 1. The van der Waals surface area contributed by atoms with Gasteiger partial charge in [-0.1, -0.05) is 31.4 Å². The van der Waals surface area contributed by atoms with Crippen LogP contribution in [0.15, 0.2) is 12.2 Å². The van der Waals surface area contributed by atoms with Gasteiger partial charge in [-0.25, -0.2) is 4.79 Å². The summed E-state index contributed by atoms with van der Waals surface area (Å²) in [6.45, 7) is 0. The second-order valence-electron chi connectivity index (χ2n) is 5.82. The molecule has 2 aliphatic carbocycles. The Balaban J connectivity index is 2.05. The van der Waals surface area contributed by atoms with Crippen molar-refractivity contribution in [1.82, 2.24) is 4.90 Å². The zero-order valence-corrected chi connectivity index (χ0v) is 11.6. The lowest BCUT2D eigenvalue weighted by Gasteiger charge is -2.41. The van der Waals surface area contributed by atoms with Gasteiger partial charge in [-0.15, -0.1) is 0 Å². The number of rotatable bonds is 4. The summed E-state index contributed by atoms with van der Waals surface area (Å²) in [7, 11) is 1.67. The summed E-state index contributed by atoms with van der Waals surface area (Å²) in [6.07, 6.45) is 10.7. The van der Waals surface area contributed by atoms with Crippen LogP contribution in [0.2, 0.25) is 0 Å². The molecule has 2 aliphatic rings. The van der Waals surface area contributed by atoms with E-state index in [9.17, 15) is 14.7 Å². The SMILES string of the molecule is CN(C(=O)CC1C=CCC1)C1(C(=O)O)CCCCC1. The molecule has 0 heterocycles. The molecule has 0 bridgehead atoms. The highest BCUT2D eigenvalue weighted by atomic mass is 16.4. The van der Waals surface area contributed by atoms with Crippen LogP contribution in [0.1, 0.15) is 51.4 Å². The number of aliphatic carboxylic acids is 1. The first kappa shape index (κ1) is 14.1. The summed E-state index contributed by atoms with van der Waals surface area (Å²) in [5.74, 6) is -0.574. The second-order valence-corrected chi connectivity index (χ2v) is 5.82. The lowest BCUT2D eigenvalue weighted by molar-refractivity contribution is -0.160. The van der Waals surface area contributed by atoms with Crippen molar-refractivity contribution in [3.05, 3.63) is 12.2 Å². The Morgan fingerprint density at radius 2 is 2.00 bits per heavy atom. The maximum atomic E-state index is 12.3. The highest BCUT2D eigenvalue weighted by Crippen LogP contribution is 2.34. The van der Waals surface area contributed by atoms with Gasteiger partial charge in [-0.2, -0.15) is 0 Å². The van der Waals surface area contributed by atoms with Gasteiger partial charge in [0.25, 0.3) is 0 Å². The number of carbonyl (C=O) groups is 2. The molecule has 0 radical (unpaired) electrons. The van der Waals surface area contributed by atoms with E-state index < -0.39 is 11.5 Å². The standard InChI is InChI=1S/C15H23NO3/c1-16(13(17)11-12-7-3-4-8-12)15(14(18)19)9-5-2-6-10-15/h3,7,12H,2,4-6,8-11H2,1H3,(H,18,19). The van der Waals surface area contributed by atoms with Gasteiger partial charge >= 0.3 is 5.97 Å². The van der Waals surface area contributed by atoms with Crippen LogP contribution in [0.25, 0.3) is 0 Å². The molecule has 4 heteroatoms. The van der Waals surface area contributed by atoms with Crippen LogP contribution in [-0.2, 0) is 9.59 Å². The Morgan fingerprint density at radius 3 is 2.53 bits per heavy atom. The van der Waals surface area contributed by atoms with E-state index in [0.29, 0.717) is 25.2 Å². The van der Waals surface area contributed by atoms with Gasteiger partial charge in [0.15, 0.2) is 0 Å². The van der Waals surface area contributed by atoms with Gasteiger partial charge < -0.3 is 10.0 Å². The molecule has 0 aromatic carbocycles. The Bertz CT molecular complexity index is 383. The molecular formula is C15H23NO3. The topological polar surface area (TPSA) is 57.6 Å². The number of hydrogen-bond acceptors (Lipinski definition) is 2. The highest BCUT2D eigenvalue weighted by Gasteiger charge is 2.45. The fraction of sp³-hybridized carbons (Fsp3) is 0.733. The minimum absolute atomic E-state index is 0.0270. The largest absolute Gasteiger partial charge is 0.479 e. The summed E-state index contributed by atoms with van der Waals surface area (Å²) in [5, 5.41) is 9.56. The number of carboxylic acid groups (broad SMARTS) is 1. The Hall–Kier alpha value is -1.32. The van der Waals surface area contributed by atoms with E-state index in [1.165, 1.54) is 4.90 Å². The normalized spacial score (nSPS) is 25.2. The third-order valence-electron chi connectivity index (χ3n) is 4.64. The van der Waals surface area contributed by atoms with Crippen molar-refractivity contribution in [3.63, 3.8) is 0 Å². The van der Waals surface area contributed by atoms with Crippen LogP contribution >= 0.6 is 0 Å². The molecular weight excluding hydrogens is 242 g/mol. The molecule has 0 aliphatic heterocycles. The molecule has 0 aromatic rings. The van der Waals surface area contributed by atoms with E-state index in [1.54, 1.807) is 7.05 Å². The van der Waals surface area contributed by atoms with Crippen molar-refractivity contribution in [2.75, 3.05) is 7.05 Å². The molecule has 0 aromatic heterocycles. The monoisotopic (exact) mass is 265 g/mol. The van der Waals surface area contributed by atoms with Gasteiger partial charge in [0, 0.05) is 13.5 Å². The van der Waals surface area contributed by atoms with Gasteiger partial charge in [-0.05, 0) is 31.6 Å². The molecule has 19 heavy (non-hydrogen) atoms. The molecule has 1 fully saturated rings. The fourth-order valence-corrected chi connectivity index (χ4v) is 3.29. The van der Waals surface area contributed by atoms with Crippen LogP contribution < -0.4 is 0 Å². The van der Waals surface area contributed by atoms with Gasteiger partial charge in [0.05, 0.1) is 0 Å². The Labute approximate surface area is 114 Å². The Kier molecular flexibility index (Phi) is 4.27. The molecule has 2 rings (SSSR count). The summed E-state index contributed by atoms with van der Waals surface area (Å²) in [5.41, 5.74) is -0.961. The van der Waals surface area contributed by atoms with E-state index in [4.69, 9.17) is 0 Å².